The summed E-state index contributed by atoms with van der Waals surface area (Å²) in [6, 6.07) is 4.49. The van der Waals surface area contributed by atoms with Gasteiger partial charge in [-0.05, 0) is 18.5 Å². The molecule has 1 aliphatic rings. The lowest BCUT2D eigenvalue weighted by atomic mass is 10.1. The molecule has 20 heavy (non-hydrogen) atoms. The molecule has 0 radical (unpaired) electrons. The van der Waals surface area contributed by atoms with Crippen LogP contribution in [0.2, 0.25) is 0 Å². The van der Waals surface area contributed by atoms with Crippen LogP contribution in [-0.2, 0) is 9.53 Å². The molecule has 1 aromatic heterocycles. The van der Waals surface area contributed by atoms with E-state index in [1.54, 1.807) is 18.4 Å². The molecule has 1 fully saturated rings. The predicted octanol–water partition coefficient (Wildman–Crippen LogP) is 0.799. The number of morpholine rings is 1. The lowest BCUT2D eigenvalue weighted by molar-refractivity contribution is -0.129. The summed E-state index contributed by atoms with van der Waals surface area (Å²) >= 11 is 1.76. The van der Waals surface area contributed by atoms with Gasteiger partial charge in [-0.1, -0.05) is 6.07 Å². The Bertz CT molecular complexity index is 405. The lowest BCUT2D eigenvalue weighted by Gasteiger charge is -2.36. The van der Waals surface area contributed by atoms with Crippen LogP contribution in [0.5, 0.6) is 0 Å². The highest BCUT2D eigenvalue weighted by molar-refractivity contribution is 7.10. The number of thiophene rings is 1. The third kappa shape index (κ3) is 4.02. The van der Waals surface area contributed by atoms with Crippen molar-refractivity contribution in [3.63, 3.8) is 0 Å². The molecular formula is C14H23N3O2S. The second-order valence-electron chi connectivity index (χ2n) is 4.98. The van der Waals surface area contributed by atoms with E-state index in [1.165, 1.54) is 4.88 Å². The first-order valence-corrected chi connectivity index (χ1v) is 7.84. The van der Waals surface area contributed by atoms with Gasteiger partial charge in [-0.25, -0.2) is 0 Å². The van der Waals surface area contributed by atoms with Crippen LogP contribution in [0.4, 0.5) is 0 Å². The summed E-state index contributed by atoms with van der Waals surface area (Å²) < 4.78 is 5.43. The van der Waals surface area contributed by atoms with Crippen LogP contribution in [0.3, 0.4) is 0 Å². The molecule has 5 nitrogen and oxygen atoms in total. The van der Waals surface area contributed by atoms with E-state index in [1.807, 2.05) is 11.9 Å². The van der Waals surface area contributed by atoms with Gasteiger partial charge >= 0.3 is 0 Å². The van der Waals surface area contributed by atoms with Crippen LogP contribution in [0.25, 0.3) is 0 Å². The molecule has 6 heteroatoms. The van der Waals surface area contributed by atoms with Crippen LogP contribution in [-0.4, -0.2) is 69.2 Å². The smallest absolute Gasteiger partial charge is 0.236 e. The van der Waals surface area contributed by atoms with Crippen molar-refractivity contribution in [2.75, 3.05) is 53.5 Å². The van der Waals surface area contributed by atoms with Gasteiger partial charge in [-0.2, -0.15) is 0 Å². The zero-order valence-electron chi connectivity index (χ0n) is 12.2. The van der Waals surface area contributed by atoms with Gasteiger partial charge in [0.15, 0.2) is 0 Å². The summed E-state index contributed by atoms with van der Waals surface area (Å²) in [5.41, 5.74) is 0. The zero-order chi connectivity index (χ0) is 14.4. The standard InChI is InChI=1S/C14H23N3O2S/c1-15-10-14(18)16(2)11-12(13-4-3-9-20-13)17-5-7-19-8-6-17/h3-4,9,12,15H,5-8,10-11H2,1-2H3. The quantitative estimate of drug-likeness (QED) is 0.843. The number of hydrogen-bond acceptors (Lipinski definition) is 5. The minimum Gasteiger partial charge on any atom is -0.379 e. The van der Waals surface area contributed by atoms with Gasteiger partial charge in [-0.3, -0.25) is 9.69 Å². The van der Waals surface area contributed by atoms with Crippen molar-refractivity contribution < 1.29 is 9.53 Å². The second-order valence-corrected chi connectivity index (χ2v) is 5.96. The highest BCUT2D eigenvalue weighted by Gasteiger charge is 2.25. The van der Waals surface area contributed by atoms with E-state index < -0.39 is 0 Å². The van der Waals surface area contributed by atoms with E-state index >= 15 is 0 Å². The summed E-state index contributed by atoms with van der Waals surface area (Å²) in [5, 5.41) is 5.01. The highest BCUT2D eigenvalue weighted by Crippen LogP contribution is 2.26. The van der Waals surface area contributed by atoms with E-state index in [9.17, 15) is 4.79 Å². The Morgan fingerprint density at radius 2 is 2.30 bits per heavy atom. The monoisotopic (exact) mass is 297 g/mol. The number of carbonyl (C=O) groups is 1. The van der Waals surface area contributed by atoms with Crippen LogP contribution in [0, 0.1) is 0 Å². The highest BCUT2D eigenvalue weighted by atomic mass is 32.1. The van der Waals surface area contributed by atoms with Gasteiger partial charge in [-0.15, -0.1) is 11.3 Å². The first kappa shape index (κ1) is 15.4. The minimum atomic E-state index is 0.127. The summed E-state index contributed by atoms with van der Waals surface area (Å²) in [7, 11) is 3.67. The SMILES string of the molecule is CNCC(=O)N(C)CC(c1cccs1)N1CCOCC1. The molecular weight excluding hydrogens is 274 g/mol. The normalized spacial score (nSPS) is 17.9. The Balaban J connectivity index is 2.04. The van der Waals surface area contributed by atoms with Crippen molar-refractivity contribution in [2.24, 2.45) is 0 Å². The topological polar surface area (TPSA) is 44.8 Å². The third-order valence-electron chi connectivity index (χ3n) is 3.56. The third-order valence-corrected chi connectivity index (χ3v) is 4.53. The van der Waals surface area contributed by atoms with E-state index in [2.05, 4.69) is 27.7 Å². The molecule has 1 unspecified atom stereocenters. The molecule has 1 aliphatic heterocycles. The van der Waals surface area contributed by atoms with Gasteiger partial charge in [0.2, 0.25) is 5.91 Å². The molecule has 2 heterocycles. The number of likely N-dealkylation sites (N-methyl/N-ethyl adjacent to an activating group) is 2. The average molecular weight is 297 g/mol. The molecule has 0 aromatic carbocycles. The maximum Gasteiger partial charge on any atom is 0.236 e. The van der Waals surface area contributed by atoms with Crippen LogP contribution in [0.1, 0.15) is 10.9 Å². The molecule has 112 valence electrons. The van der Waals surface area contributed by atoms with Gasteiger partial charge in [0.05, 0.1) is 25.8 Å². The molecule has 0 saturated carbocycles. The summed E-state index contributed by atoms with van der Waals surface area (Å²) in [6.45, 7) is 4.51. The first-order valence-electron chi connectivity index (χ1n) is 6.96. The van der Waals surface area contributed by atoms with Gasteiger partial charge in [0.1, 0.15) is 0 Å². The molecule has 1 N–H and O–H groups in total. The van der Waals surface area contributed by atoms with Crippen molar-refractivity contribution >= 4 is 17.2 Å². The molecule has 1 saturated heterocycles. The number of amides is 1. The van der Waals surface area contributed by atoms with Crippen LogP contribution >= 0.6 is 11.3 Å². The van der Waals surface area contributed by atoms with Crippen molar-refractivity contribution in [3.05, 3.63) is 22.4 Å². The number of hydrogen-bond donors (Lipinski definition) is 1. The Kier molecular flexibility index (Phi) is 5.97. The predicted molar refractivity (Wildman–Crippen MR) is 81.0 cm³/mol. The van der Waals surface area contributed by atoms with E-state index in [0.717, 1.165) is 32.8 Å². The summed E-state index contributed by atoms with van der Waals surface area (Å²) in [6.07, 6.45) is 0. The number of nitrogens with one attached hydrogen (secondary N) is 1. The maximum absolute atomic E-state index is 12.0. The largest absolute Gasteiger partial charge is 0.379 e. The Morgan fingerprint density at radius 1 is 1.55 bits per heavy atom. The lowest BCUT2D eigenvalue weighted by Crippen LogP contribution is -2.45. The van der Waals surface area contributed by atoms with Gasteiger partial charge < -0.3 is 15.0 Å². The van der Waals surface area contributed by atoms with Crippen LogP contribution < -0.4 is 5.32 Å². The molecule has 1 atom stereocenters. The first-order chi connectivity index (χ1) is 9.72. The number of carbonyl (C=O) groups excluding carboxylic acids is 1. The Labute approximate surface area is 124 Å². The van der Waals surface area contributed by atoms with Crippen molar-refractivity contribution in [1.82, 2.24) is 15.1 Å². The molecule has 0 bridgehead atoms. The number of nitrogens with zero attached hydrogens (tertiary/aromatic N) is 2. The zero-order valence-corrected chi connectivity index (χ0v) is 13.0. The van der Waals surface area contributed by atoms with Crippen molar-refractivity contribution in [2.45, 2.75) is 6.04 Å². The van der Waals surface area contributed by atoms with Crippen molar-refractivity contribution in [1.29, 1.82) is 0 Å². The fraction of sp³-hybridized carbons (Fsp3) is 0.643. The molecule has 1 amide bonds. The van der Waals surface area contributed by atoms with E-state index in [-0.39, 0.29) is 11.9 Å². The minimum absolute atomic E-state index is 0.127. The summed E-state index contributed by atoms with van der Waals surface area (Å²) in [4.78, 5) is 17.5. The van der Waals surface area contributed by atoms with Crippen molar-refractivity contribution in [3.8, 4) is 0 Å². The molecule has 1 aromatic rings. The van der Waals surface area contributed by atoms with Gasteiger partial charge in [0.25, 0.3) is 0 Å². The number of rotatable bonds is 6. The van der Waals surface area contributed by atoms with Gasteiger partial charge in [0, 0.05) is 31.6 Å². The average Bonchev–Trinajstić information content (AvgIpc) is 2.99. The Morgan fingerprint density at radius 3 is 2.90 bits per heavy atom. The number of ether oxygens (including phenoxy) is 1. The molecule has 0 aliphatic carbocycles. The van der Waals surface area contributed by atoms with E-state index in [0.29, 0.717) is 6.54 Å². The second kappa shape index (κ2) is 7.73. The Hall–Kier alpha value is -0.950. The van der Waals surface area contributed by atoms with E-state index in [4.69, 9.17) is 4.74 Å². The van der Waals surface area contributed by atoms with Crippen LogP contribution in [0.15, 0.2) is 17.5 Å². The fourth-order valence-electron chi connectivity index (χ4n) is 2.40. The molecule has 0 spiro atoms. The fourth-order valence-corrected chi connectivity index (χ4v) is 3.25. The molecule has 2 rings (SSSR count). The summed E-state index contributed by atoms with van der Waals surface area (Å²) in [5.74, 6) is 0.127. The maximum atomic E-state index is 12.0.